The molecule has 4 heteroatoms. The van der Waals surface area contributed by atoms with Gasteiger partial charge in [0.2, 0.25) is 5.91 Å². The van der Waals surface area contributed by atoms with E-state index in [-0.39, 0.29) is 24.9 Å². The summed E-state index contributed by atoms with van der Waals surface area (Å²) in [4.78, 5) is 13.7. The number of hydrogen-bond acceptors (Lipinski definition) is 2. The van der Waals surface area contributed by atoms with Crippen LogP contribution in [0.3, 0.4) is 0 Å². The Kier molecular flexibility index (Phi) is 6.28. The first-order chi connectivity index (χ1) is 7.81. The van der Waals surface area contributed by atoms with Crippen LogP contribution in [0.4, 0.5) is 0 Å². The van der Waals surface area contributed by atoms with Gasteiger partial charge in [-0.2, -0.15) is 0 Å². The van der Waals surface area contributed by atoms with Crippen molar-refractivity contribution in [3.8, 4) is 0 Å². The molecule has 17 heavy (non-hydrogen) atoms. The highest BCUT2D eigenvalue weighted by Crippen LogP contribution is 2.31. The number of nitrogens with two attached hydrogens (primary N) is 1. The van der Waals surface area contributed by atoms with Crippen LogP contribution < -0.4 is 5.73 Å². The normalized spacial score (nSPS) is 25.7. The predicted molar refractivity (Wildman–Crippen MR) is 72.2 cm³/mol. The van der Waals surface area contributed by atoms with Crippen molar-refractivity contribution in [2.45, 2.75) is 57.4 Å². The molecule has 1 unspecified atom stereocenters. The Labute approximate surface area is 111 Å². The van der Waals surface area contributed by atoms with Crippen LogP contribution in [0.25, 0.3) is 0 Å². The van der Waals surface area contributed by atoms with Gasteiger partial charge >= 0.3 is 0 Å². The number of likely N-dealkylation sites (tertiary alicyclic amines) is 1. The lowest BCUT2D eigenvalue weighted by Crippen LogP contribution is -2.40. The standard InChI is InChI=1S/C13H24N2O.ClH/c14-10-13(16)15-8-4-7-12(15)9-11-5-2-1-3-6-11;/h11-12H,1-10,14H2;1H. The summed E-state index contributed by atoms with van der Waals surface area (Å²) in [5.74, 6) is 1.02. The van der Waals surface area contributed by atoms with Crippen molar-refractivity contribution in [1.29, 1.82) is 0 Å². The lowest BCUT2D eigenvalue weighted by atomic mass is 9.84. The molecule has 3 nitrogen and oxygen atoms in total. The molecule has 1 saturated carbocycles. The van der Waals surface area contributed by atoms with Crippen molar-refractivity contribution in [3.63, 3.8) is 0 Å². The van der Waals surface area contributed by atoms with Crippen molar-refractivity contribution >= 4 is 18.3 Å². The molecule has 2 aliphatic rings. The minimum Gasteiger partial charge on any atom is -0.339 e. The smallest absolute Gasteiger partial charge is 0.236 e. The summed E-state index contributed by atoms with van der Waals surface area (Å²) in [5.41, 5.74) is 5.46. The molecule has 1 saturated heterocycles. The number of nitrogens with zero attached hydrogens (tertiary/aromatic N) is 1. The molecule has 1 amide bonds. The van der Waals surface area contributed by atoms with Crippen LogP contribution in [0.1, 0.15) is 51.4 Å². The molecule has 2 fully saturated rings. The summed E-state index contributed by atoms with van der Waals surface area (Å²) < 4.78 is 0. The minimum atomic E-state index is 0. The molecule has 1 atom stereocenters. The number of carbonyl (C=O) groups excluding carboxylic acids is 1. The van der Waals surface area contributed by atoms with Gasteiger partial charge in [-0.05, 0) is 25.2 Å². The lowest BCUT2D eigenvalue weighted by Gasteiger charge is -2.30. The van der Waals surface area contributed by atoms with Crippen LogP contribution in [-0.4, -0.2) is 29.9 Å². The second kappa shape index (κ2) is 7.22. The van der Waals surface area contributed by atoms with E-state index in [2.05, 4.69) is 0 Å². The molecule has 1 heterocycles. The van der Waals surface area contributed by atoms with Gasteiger partial charge in [0.15, 0.2) is 0 Å². The van der Waals surface area contributed by atoms with Crippen molar-refractivity contribution in [3.05, 3.63) is 0 Å². The highest BCUT2D eigenvalue weighted by molar-refractivity contribution is 5.85. The van der Waals surface area contributed by atoms with Gasteiger partial charge in [-0.1, -0.05) is 32.1 Å². The second-order valence-electron chi connectivity index (χ2n) is 5.33. The van der Waals surface area contributed by atoms with Crippen LogP contribution >= 0.6 is 12.4 Å². The predicted octanol–water partition coefficient (Wildman–Crippen LogP) is 2.33. The maximum absolute atomic E-state index is 11.7. The van der Waals surface area contributed by atoms with Gasteiger partial charge in [-0.15, -0.1) is 12.4 Å². The van der Waals surface area contributed by atoms with Gasteiger partial charge in [-0.25, -0.2) is 0 Å². The monoisotopic (exact) mass is 260 g/mol. The Morgan fingerprint density at radius 1 is 1.12 bits per heavy atom. The Bertz CT molecular complexity index is 242. The lowest BCUT2D eigenvalue weighted by molar-refractivity contribution is -0.130. The average molecular weight is 261 g/mol. The van der Waals surface area contributed by atoms with E-state index in [1.54, 1.807) is 0 Å². The molecule has 2 rings (SSSR count). The summed E-state index contributed by atoms with van der Waals surface area (Å²) in [7, 11) is 0. The summed E-state index contributed by atoms with van der Waals surface area (Å²) >= 11 is 0. The third-order valence-corrected chi connectivity index (χ3v) is 4.20. The SMILES string of the molecule is Cl.NCC(=O)N1CCCC1CC1CCCCC1. The van der Waals surface area contributed by atoms with E-state index in [0.29, 0.717) is 6.04 Å². The number of rotatable bonds is 3. The Morgan fingerprint density at radius 2 is 1.82 bits per heavy atom. The van der Waals surface area contributed by atoms with Crippen molar-refractivity contribution in [2.24, 2.45) is 11.7 Å². The zero-order valence-electron chi connectivity index (χ0n) is 10.6. The summed E-state index contributed by atoms with van der Waals surface area (Å²) in [6.45, 7) is 1.12. The largest absolute Gasteiger partial charge is 0.339 e. The second-order valence-corrected chi connectivity index (χ2v) is 5.33. The van der Waals surface area contributed by atoms with Crippen molar-refractivity contribution in [2.75, 3.05) is 13.1 Å². The first-order valence-corrected chi connectivity index (χ1v) is 6.81. The highest BCUT2D eigenvalue weighted by Gasteiger charge is 2.30. The van der Waals surface area contributed by atoms with Crippen LogP contribution in [-0.2, 0) is 4.79 Å². The molecule has 0 aromatic rings. The van der Waals surface area contributed by atoms with Gasteiger partial charge < -0.3 is 10.6 Å². The van der Waals surface area contributed by atoms with Crippen LogP contribution in [0.5, 0.6) is 0 Å². The molecule has 0 radical (unpaired) electrons. The fourth-order valence-electron chi connectivity index (χ4n) is 3.33. The summed E-state index contributed by atoms with van der Waals surface area (Å²) in [6, 6.07) is 0.499. The van der Waals surface area contributed by atoms with E-state index >= 15 is 0 Å². The third kappa shape index (κ3) is 3.85. The molecule has 0 aromatic carbocycles. The number of amides is 1. The molecule has 0 bridgehead atoms. The molecule has 0 spiro atoms. The quantitative estimate of drug-likeness (QED) is 0.847. The zero-order valence-corrected chi connectivity index (χ0v) is 11.4. The van der Waals surface area contributed by atoms with Gasteiger partial charge in [0.1, 0.15) is 0 Å². The van der Waals surface area contributed by atoms with Crippen LogP contribution in [0.2, 0.25) is 0 Å². The topological polar surface area (TPSA) is 46.3 Å². The fraction of sp³-hybridized carbons (Fsp3) is 0.923. The molecular formula is C13H25ClN2O. The van der Waals surface area contributed by atoms with Gasteiger partial charge in [0.05, 0.1) is 6.54 Å². The first-order valence-electron chi connectivity index (χ1n) is 6.81. The fourth-order valence-corrected chi connectivity index (χ4v) is 3.33. The average Bonchev–Trinajstić information content (AvgIpc) is 2.77. The molecule has 100 valence electrons. The molecular weight excluding hydrogens is 236 g/mol. The maximum Gasteiger partial charge on any atom is 0.236 e. The molecule has 1 aliphatic heterocycles. The summed E-state index contributed by atoms with van der Waals surface area (Å²) in [5, 5.41) is 0. The van der Waals surface area contributed by atoms with E-state index in [0.717, 1.165) is 12.5 Å². The van der Waals surface area contributed by atoms with E-state index in [4.69, 9.17) is 5.73 Å². The number of carbonyl (C=O) groups is 1. The van der Waals surface area contributed by atoms with E-state index in [1.807, 2.05) is 4.90 Å². The Balaban J connectivity index is 0.00000144. The van der Waals surface area contributed by atoms with Gasteiger partial charge in [0, 0.05) is 12.6 Å². The molecule has 2 N–H and O–H groups in total. The number of hydrogen-bond donors (Lipinski definition) is 1. The minimum absolute atomic E-state index is 0. The molecule has 0 aromatic heterocycles. The Hall–Kier alpha value is -0.280. The first kappa shape index (κ1) is 14.8. The maximum atomic E-state index is 11.7. The summed E-state index contributed by atoms with van der Waals surface area (Å²) in [6.07, 6.45) is 10.5. The highest BCUT2D eigenvalue weighted by atomic mass is 35.5. The molecule has 1 aliphatic carbocycles. The zero-order chi connectivity index (χ0) is 11.4. The van der Waals surface area contributed by atoms with Gasteiger partial charge in [-0.3, -0.25) is 4.79 Å². The Morgan fingerprint density at radius 3 is 2.47 bits per heavy atom. The van der Waals surface area contributed by atoms with Crippen molar-refractivity contribution < 1.29 is 4.79 Å². The third-order valence-electron chi connectivity index (χ3n) is 4.20. The number of halogens is 1. The van der Waals surface area contributed by atoms with Gasteiger partial charge in [0.25, 0.3) is 0 Å². The van der Waals surface area contributed by atoms with Crippen molar-refractivity contribution in [1.82, 2.24) is 4.90 Å². The van der Waals surface area contributed by atoms with E-state index in [9.17, 15) is 4.79 Å². The van der Waals surface area contributed by atoms with Crippen LogP contribution in [0, 0.1) is 5.92 Å². The van der Waals surface area contributed by atoms with Crippen LogP contribution in [0.15, 0.2) is 0 Å². The van der Waals surface area contributed by atoms with E-state index < -0.39 is 0 Å². The van der Waals surface area contributed by atoms with E-state index in [1.165, 1.54) is 51.4 Å².